The number of rotatable bonds is 2. The molecule has 1 aromatic heterocycles. The van der Waals surface area contributed by atoms with Gasteiger partial charge in [-0.15, -0.1) is 10.2 Å². The molecule has 1 heterocycles. The first-order valence-electron chi connectivity index (χ1n) is 4.10. The maximum Gasteiger partial charge on any atom is 0.148 e. The Labute approximate surface area is 79.7 Å². The highest BCUT2D eigenvalue weighted by molar-refractivity contribution is 9.10. The van der Waals surface area contributed by atoms with Gasteiger partial charge in [0, 0.05) is 6.04 Å². The van der Waals surface area contributed by atoms with Crippen LogP contribution in [-0.2, 0) is 0 Å². The summed E-state index contributed by atoms with van der Waals surface area (Å²) in [6, 6.07) is 4.46. The normalized spacial score (nSPS) is 17.1. The Morgan fingerprint density at radius 3 is 2.67 bits per heavy atom. The Morgan fingerprint density at radius 2 is 2.17 bits per heavy atom. The summed E-state index contributed by atoms with van der Waals surface area (Å²) in [5.74, 6) is 0.878. The lowest BCUT2D eigenvalue weighted by molar-refractivity contribution is 0.444. The Morgan fingerprint density at radius 1 is 1.33 bits per heavy atom. The van der Waals surface area contributed by atoms with Crippen molar-refractivity contribution >= 4 is 21.7 Å². The molecule has 0 saturated heterocycles. The summed E-state index contributed by atoms with van der Waals surface area (Å²) < 4.78 is 0.779. The van der Waals surface area contributed by atoms with Gasteiger partial charge in [0.15, 0.2) is 0 Å². The lowest BCUT2D eigenvalue weighted by Gasteiger charge is -2.26. The highest BCUT2D eigenvalue weighted by atomic mass is 79.9. The van der Waals surface area contributed by atoms with Crippen LogP contribution in [0.15, 0.2) is 16.7 Å². The second kappa shape index (κ2) is 3.39. The van der Waals surface area contributed by atoms with Crippen LogP contribution in [0.2, 0.25) is 0 Å². The molecule has 0 aliphatic heterocycles. The molecule has 0 radical (unpaired) electrons. The fourth-order valence-corrected chi connectivity index (χ4v) is 1.37. The van der Waals surface area contributed by atoms with E-state index in [0.717, 1.165) is 10.4 Å². The maximum atomic E-state index is 3.99. The number of hydrogen-bond acceptors (Lipinski definition) is 3. The first kappa shape index (κ1) is 7.98. The van der Waals surface area contributed by atoms with Crippen molar-refractivity contribution in [3.63, 3.8) is 0 Å². The Hall–Kier alpha value is -0.640. The van der Waals surface area contributed by atoms with Gasteiger partial charge >= 0.3 is 0 Å². The number of anilines is 1. The molecule has 1 aromatic rings. The highest BCUT2D eigenvalue weighted by Gasteiger charge is 2.16. The van der Waals surface area contributed by atoms with Crippen LogP contribution in [0, 0.1) is 0 Å². The number of hydrogen-bond donors (Lipinski definition) is 1. The first-order valence-corrected chi connectivity index (χ1v) is 4.90. The SMILES string of the molecule is Brc1ccc(NC2CCC2)nn1. The molecule has 1 N–H and O–H groups in total. The van der Waals surface area contributed by atoms with Gasteiger partial charge in [-0.05, 0) is 47.3 Å². The van der Waals surface area contributed by atoms with Gasteiger partial charge in [0.05, 0.1) is 0 Å². The molecule has 1 aliphatic carbocycles. The second-order valence-corrected chi connectivity index (χ2v) is 3.83. The van der Waals surface area contributed by atoms with Crippen molar-refractivity contribution in [1.82, 2.24) is 10.2 Å². The van der Waals surface area contributed by atoms with Gasteiger partial charge < -0.3 is 5.32 Å². The smallest absolute Gasteiger partial charge is 0.148 e. The first-order chi connectivity index (χ1) is 5.84. The summed E-state index contributed by atoms with van der Waals surface area (Å²) in [7, 11) is 0. The molecule has 4 heteroatoms. The Balaban J connectivity index is 1.98. The minimum Gasteiger partial charge on any atom is -0.366 e. The van der Waals surface area contributed by atoms with Crippen LogP contribution < -0.4 is 5.32 Å². The van der Waals surface area contributed by atoms with E-state index in [-0.39, 0.29) is 0 Å². The number of nitrogens with one attached hydrogen (secondary N) is 1. The minimum absolute atomic E-state index is 0.625. The van der Waals surface area contributed by atoms with E-state index in [1.165, 1.54) is 19.3 Å². The van der Waals surface area contributed by atoms with Gasteiger partial charge in [0.2, 0.25) is 0 Å². The quantitative estimate of drug-likeness (QED) is 0.843. The van der Waals surface area contributed by atoms with Crippen LogP contribution >= 0.6 is 15.9 Å². The lowest BCUT2D eigenvalue weighted by Crippen LogP contribution is -2.27. The van der Waals surface area contributed by atoms with Crippen LogP contribution in [0.4, 0.5) is 5.82 Å². The third kappa shape index (κ3) is 1.75. The van der Waals surface area contributed by atoms with Gasteiger partial charge in [-0.1, -0.05) is 0 Å². The zero-order valence-electron chi connectivity index (χ0n) is 6.63. The van der Waals surface area contributed by atoms with Crippen molar-refractivity contribution in [2.75, 3.05) is 5.32 Å². The number of halogens is 1. The van der Waals surface area contributed by atoms with Gasteiger partial charge in [0.1, 0.15) is 10.4 Å². The van der Waals surface area contributed by atoms with E-state index in [1.54, 1.807) is 0 Å². The van der Waals surface area contributed by atoms with E-state index in [2.05, 4.69) is 31.4 Å². The van der Waals surface area contributed by atoms with E-state index in [4.69, 9.17) is 0 Å². The zero-order chi connectivity index (χ0) is 8.39. The largest absolute Gasteiger partial charge is 0.366 e. The van der Waals surface area contributed by atoms with Crippen LogP contribution in [0.25, 0.3) is 0 Å². The molecular formula is C8H10BrN3. The monoisotopic (exact) mass is 227 g/mol. The van der Waals surface area contributed by atoms with Gasteiger partial charge in [-0.25, -0.2) is 0 Å². The van der Waals surface area contributed by atoms with Crippen LogP contribution in [0.5, 0.6) is 0 Å². The van der Waals surface area contributed by atoms with E-state index >= 15 is 0 Å². The van der Waals surface area contributed by atoms with E-state index in [9.17, 15) is 0 Å². The summed E-state index contributed by atoms with van der Waals surface area (Å²) in [4.78, 5) is 0. The van der Waals surface area contributed by atoms with E-state index in [1.807, 2.05) is 12.1 Å². The minimum atomic E-state index is 0.625. The predicted molar refractivity (Wildman–Crippen MR) is 51.0 cm³/mol. The molecule has 0 bridgehead atoms. The molecule has 64 valence electrons. The molecule has 12 heavy (non-hydrogen) atoms. The number of aromatic nitrogens is 2. The molecule has 1 fully saturated rings. The molecular weight excluding hydrogens is 218 g/mol. The molecule has 0 aromatic carbocycles. The zero-order valence-corrected chi connectivity index (χ0v) is 8.21. The molecule has 0 unspecified atom stereocenters. The molecule has 3 nitrogen and oxygen atoms in total. The van der Waals surface area contributed by atoms with Crippen molar-refractivity contribution in [3.8, 4) is 0 Å². The summed E-state index contributed by atoms with van der Waals surface area (Å²) in [6.45, 7) is 0. The topological polar surface area (TPSA) is 37.8 Å². The highest BCUT2D eigenvalue weighted by Crippen LogP contribution is 2.22. The maximum absolute atomic E-state index is 3.99. The molecule has 0 amide bonds. The fraction of sp³-hybridized carbons (Fsp3) is 0.500. The average molecular weight is 228 g/mol. The fourth-order valence-electron chi connectivity index (χ4n) is 1.15. The van der Waals surface area contributed by atoms with Gasteiger partial charge in [-0.3, -0.25) is 0 Å². The van der Waals surface area contributed by atoms with Crippen molar-refractivity contribution in [2.24, 2.45) is 0 Å². The Kier molecular flexibility index (Phi) is 2.26. The predicted octanol–water partition coefficient (Wildman–Crippen LogP) is 2.20. The Bertz CT molecular complexity index is 256. The van der Waals surface area contributed by atoms with E-state index in [0.29, 0.717) is 6.04 Å². The van der Waals surface area contributed by atoms with Crippen LogP contribution in [0.1, 0.15) is 19.3 Å². The summed E-state index contributed by atoms with van der Waals surface area (Å²) in [5.41, 5.74) is 0. The average Bonchev–Trinajstić information content (AvgIpc) is 2.00. The summed E-state index contributed by atoms with van der Waals surface area (Å²) in [5, 5.41) is 11.2. The molecule has 1 aliphatic rings. The van der Waals surface area contributed by atoms with Gasteiger partial charge in [0.25, 0.3) is 0 Å². The van der Waals surface area contributed by atoms with Crippen molar-refractivity contribution in [3.05, 3.63) is 16.7 Å². The van der Waals surface area contributed by atoms with Gasteiger partial charge in [-0.2, -0.15) is 0 Å². The van der Waals surface area contributed by atoms with Crippen LogP contribution in [0.3, 0.4) is 0 Å². The third-order valence-corrected chi connectivity index (χ3v) is 2.51. The standard InChI is InChI=1S/C8H10BrN3/c9-7-4-5-8(12-11-7)10-6-2-1-3-6/h4-6H,1-3H2,(H,10,12). The molecule has 2 rings (SSSR count). The number of nitrogens with zero attached hydrogens (tertiary/aromatic N) is 2. The van der Waals surface area contributed by atoms with Crippen LogP contribution in [-0.4, -0.2) is 16.2 Å². The summed E-state index contributed by atoms with van der Waals surface area (Å²) in [6.07, 6.45) is 3.86. The molecule has 0 spiro atoms. The van der Waals surface area contributed by atoms with E-state index < -0.39 is 0 Å². The molecule has 1 saturated carbocycles. The third-order valence-electron chi connectivity index (χ3n) is 2.09. The molecule has 0 atom stereocenters. The van der Waals surface area contributed by atoms with Crippen molar-refractivity contribution in [1.29, 1.82) is 0 Å². The lowest BCUT2D eigenvalue weighted by atomic mass is 9.93. The second-order valence-electron chi connectivity index (χ2n) is 3.01. The van der Waals surface area contributed by atoms with Crippen molar-refractivity contribution in [2.45, 2.75) is 25.3 Å². The van der Waals surface area contributed by atoms with Crippen molar-refractivity contribution < 1.29 is 0 Å². The summed E-state index contributed by atoms with van der Waals surface area (Å²) >= 11 is 3.24.